The van der Waals surface area contributed by atoms with E-state index in [9.17, 15) is 14.4 Å². The van der Waals surface area contributed by atoms with Crippen LogP contribution in [0.2, 0.25) is 0 Å². The van der Waals surface area contributed by atoms with E-state index in [2.05, 4.69) is 10.6 Å². The van der Waals surface area contributed by atoms with Gasteiger partial charge in [0.25, 0.3) is 0 Å². The molecule has 1 saturated heterocycles. The van der Waals surface area contributed by atoms with E-state index in [1.807, 2.05) is 0 Å². The van der Waals surface area contributed by atoms with Gasteiger partial charge < -0.3 is 25.2 Å². The lowest BCUT2D eigenvalue weighted by atomic mass is 10.1. The number of hydrogen-bond acceptors (Lipinski definition) is 6. The molecule has 2 atom stereocenters. The first-order valence-electron chi connectivity index (χ1n) is 9.56. The van der Waals surface area contributed by atoms with Crippen LogP contribution in [0, 0.1) is 0 Å². The molecule has 0 bridgehead atoms. The lowest BCUT2D eigenvalue weighted by Crippen LogP contribution is -2.42. The quantitative estimate of drug-likeness (QED) is 0.487. The highest BCUT2D eigenvalue weighted by molar-refractivity contribution is 6.01. The molecule has 0 radical (unpaired) electrons. The number of ether oxygens (including phenoxy) is 2. The number of rotatable bonds is 10. The van der Waals surface area contributed by atoms with Gasteiger partial charge in [0.1, 0.15) is 12.4 Å². The number of benzene rings is 1. The highest BCUT2D eigenvalue weighted by Gasteiger charge is 2.20. The summed E-state index contributed by atoms with van der Waals surface area (Å²) in [4.78, 5) is 35.5. The maximum absolute atomic E-state index is 12.5. The summed E-state index contributed by atoms with van der Waals surface area (Å²) in [5.74, 6) is -1.23. The van der Waals surface area contributed by atoms with Crippen LogP contribution in [-0.2, 0) is 14.3 Å². The maximum Gasteiger partial charge on any atom is 0.344 e. The highest BCUT2D eigenvalue weighted by Crippen LogP contribution is 2.16. The van der Waals surface area contributed by atoms with Crippen LogP contribution in [0.25, 0.3) is 0 Å². The second kappa shape index (κ2) is 12.4. The zero-order valence-electron chi connectivity index (χ0n) is 16.7. The molecule has 1 amide bonds. The van der Waals surface area contributed by atoms with E-state index < -0.39 is 18.1 Å². The van der Waals surface area contributed by atoms with Crippen LogP contribution in [-0.4, -0.2) is 60.7 Å². The highest BCUT2D eigenvalue weighted by atomic mass is 35.5. The van der Waals surface area contributed by atoms with Crippen molar-refractivity contribution in [2.75, 3.05) is 19.7 Å². The Kier molecular flexibility index (Phi) is 10.6. The number of carboxylic acid groups (broad SMARTS) is 1. The van der Waals surface area contributed by atoms with Crippen LogP contribution in [0.15, 0.2) is 24.3 Å². The molecule has 1 heterocycles. The summed E-state index contributed by atoms with van der Waals surface area (Å²) in [6, 6.07) is 5.51. The SMILES string of the molecule is CCC(Oc1ccc(C(=O)C(C)NC(=O)COC2CCNCC2)cc1)C(=O)O.Cl. The van der Waals surface area contributed by atoms with Crippen molar-refractivity contribution in [3.8, 4) is 5.75 Å². The monoisotopic (exact) mass is 428 g/mol. The van der Waals surface area contributed by atoms with E-state index in [1.165, 1.54) is 0 Å². The second-order valence-corrected chi connectivity index (χ2v) is 6.79. The predicted molar refractivity (Wildman–Crippen MR) is 110 cm³/mol. The molecular weight excluding hydrogens is 400 g/mol. The Morgan fingerprint density at radius 2 is 1.83 bits per heavy atom. The Hall–Kier alpha value is -2.16. The third-order valence-electron chi connectivity index (χ3n) is 4.57. The molecule has 0 aliphatic carbocycles. The van der Waals surface area contributed by atoms with Gasteiger partial charge in [-0.1, -0.05) is 6.92 Å². The number of hydrogen-bond donors (Lipinski definition) is 3. The number of amides is 1. The van der Waals surface area contributed by atoms with Gasteiger partial charge in [-0.05, 0) is 63.5 Å². The fraction of sp³-hybridized carbons (Fsp3) is 0.550. The molecule has 2 rings (SSSR count). The first kappa shape index (κ1) is 24.9. The number of halogens is 1. The molecule has 0 saturated carbocycles. The molecule has 0 spiro atoms. The largest absolute Gasteiger partial charge is 0.479 e. The van der Waals surface area contributed by atoms with Crippen LogP contribution in [0.5, 0.6) is 5.75 Å². The zero-order chi connectivity index (χ0) is 20.5. The normalized spacial score (nSPS) is 16.2. The minimum absolute atomic E-state index is 0. The van der Waals surface area contributed by atoms with Crippen molar-refractivity contribution in [1.29, 1.82) is 0 Å². The third-order valence-corrected chi connectivity index (χ3v) is 4.57. The molecule has 0 aromatic heterocycles. The summed E-state index contributed by atoms with van der Waals surface area (Å²) in [5.41, 5.74) is 0.405. The number of aliphatic carboxylic acids is 1. The minimum atomic E-state index is -1.04. The van der Waals surface area contributed by atoms with E-state index in [0.717, 1.165) is 25.9 Å². The molecule has 1 aromatic rings. The van der Waals surface area contributed by atoms with E-state index in [1.54, 1.807) is 38.1 Å². The maximum atomic E-state index is 12.5. The predicted octanol–water partition coefficient (Wildman–Crippen LogP) is 1.81. The van der Waals surface area contributed by atoms with Gasteiger partial charge in [-0.15, -0.1) is 12.4 Å². The Morgan fingerprint density at radius 3 is 2.38 bits per heavy atom. The summed E-state index contributed by atoms with van der Waals surface area (Å²) in [7, 11) is 0. The standard InChI is InChI=1S/C20H28N2O6.ClH/c1-3-17(20(25)26)28-16-6-4-14(5-7-16)19(24)13(2)22-18(23)12-27-15-8-10-21-11-9-15;/h4-7,13,15,17,21H,3,8-12H2,1-2H3,(H,22,23)(H,25,26);1H. The minimum Gasteiger partial charge on any atom is -0.479 e. The van der Waals surface area contributed by atoms with E-state index >= 15 is 0 Å². The van der Waals surface area contributed by atoms with E-state index in [-0.39, 0.29) is 36.8 Å². The Labute approximate surface area is 176 Å². The van der Waals surface area contributed by atoms with Gasteiger partial charge in [0.15, 0.2) is 11.9 Å². The number of nitrogens with one attached hydrogen (secondary N) is 2. The van der Waals surface area contributed by atoms with Crippen LogP contribution in [0.3, 0.4) is 0 Å². The fourth-order valence-corrected chi connectivity index (χ4v) is 2.92. The average Bonchev–Trinajstić information content (AvgIpc) is 2.71. The van der Waals surface area contributed by atoms with E-state index in [0.29, 0.717) is 17.7 Å². The molecule has 162 valence electrons. The summed E-state index contributed by atoms with van der Waals surface area (Å²) in [6.45, 7) is 5.03. The van der Waals surface area contributed by atoms with Crippen LogP contribution < -0.4 is 15.4 Å². The zero-order valence-corrected chi connectivity index (χ0v) is 17.5. The van der Waals surface area contributed by atoms with Gasteiger partial charge in [0.2, 0.25) is 5.91 Å². The molecule has 3 N–H and O–H groups in total. The summed E-state index contributed by atoms with van der Waals surface area (Å²) in [6.07, 6.45) is 1.22. The fourth-order valence-electron chi connectivity index (χ4n) is 2.92. The first-order valence-corrected chi connectivity index (χ1v) is 9.56. The number of ketones is 1. The van der Waals surface area contributed by atoms with Crippen LogP contribution in [0.1, 0.15) is 43.5 Å². The van der Waals surface area contributed by atoms with Crippen molar-refractivity contribution in [3.05, 3.63) is 29.8 Å². The number of piperidine rings is 1. The third kappa shape index (κ3) is 8.00. The summed E-state index contributed by atoms with van der Waals surface area (Å²) >= 11 is 0. The van der Waals surface area contributed by atoms with Crippen LogP contribution >= 0.6 is 12.4 Å². The topological polar surface area (TPSA) is 114 Å². The molecule has 2 unspecified atom stereocenters. The lowest BCUT2D eigenvalue weighted by Gasteiger charge is -2.23. The van der Waals surface area contributed by atoms with Crippen molar-refractivity contribution in [1.82, 2.24) is 10.6 Å². The van der Waals surface area contributed by atoms with Crippen LogP contribution in [0.4, 0.5) is 0 Å². The van der Waals surface area contributed by atoms with Gasteiger partial charge in [-0.3, -0.25) is 9.59 Å². The van der Waals surface area contributed by atoms with Gasteiger partial charge in [0.05, 0.1) is 12.1 Å². The molecular formula is C20H29ClN2O6. The summed E-state index contributed by atoms with van der Waals surface area (Å²) in [5, 5.41) is 14.9. The molecule has 1 fully saturated rings. The van der Waals surface area contributed by atoms with Crippen molar-refractivity contribution in [2.24, 2.45) is 0 Å². The van der Waals surface area contributed by atoms with Gasteiger partial charge in [0, 0.05) is 5.56 Å². The molecule has 1 aliphatic heterocycles. The van der Waals surface area contributed by atoms with Gasteiger partial charge >= 0.3 is 5.97 Å². The van der Waals surface area contributed by atoms with Crippen molar-refractivity contribution in [2.45, 2.75) is 51.4 Å². The van der Waals surface area contributed by atoms with Crippen molar-refractivity contribution >= 4 is 30.1 Å². The summed E-state index contributed by atoms with van der Waals surface area (Å²) < 4.78 is 11.0. The second-order valence-electron chi connectivity index (χ2n) is 6.79. The Balaban J connectivity index is 0.00000420. The molecule has 8 nitrogen and oxygen atoms in total. The smallest absolute Gasteiger partial charge is 0.344 e. The molecule has 29 heavy (non-hydrogen) atoms. The van der Waals surface area contributed by atoms with Gasteiger partial charge in [-0.2, -0.15) is 0 Å². The average molecular weight is 429 g/mol. The first-order chi connectivity index (χ1) is 13.4. The Morgan fingerprint density at radius 1 is 1.21 bits per heavy atom. The molecule has 1 aliphatic rings. The lowest BCUT2D eigenvalue weighted by molar-refractivity contribution is -0.145. The number of carboxylic acids is 1. The van der Waals surface area contributed by atoms with Gasteiger partial charge in [-0.25, -0.2) is 4.79 Å². The van der Waals surface area contributed by atoms with E-state index in [4.69, 9.17) is 14.6 Å². The number of carbonyl (C=O) groups is 3. The number of carbonyl (C=O) groups excluding carboxylic acids is 2. The molecule has 9 heteroatoms. The Bertz CT molecular complexity index is 676. The number of Topliss-reactive ketones (excluding diaryl/α,β-unsaturated/α-hetero) is 1. The van der Waals surface area contributed by atoms with Crippen molar-refractivity contribution < 1.29 is 29.0 Å². The molecule has 1 aromatic carbocycles. The van der Waals surface area contributed by atoms with Crippen molar-refractivity contribution in [3.63, 3.8) is 0 Å².